The highest BCUT2D eigenvalue weighted by atomic mass is 16.5. The summed E-state index contributed by atoms with van der Waals surface area (Å²) in [6.07, 6.45) is 0.701. The summed E-state index contributed by atoms with van der Waals surface area (Å²) < 4.78 is 4.94. The van der Waals surface area contributed by atoms with Crippen LogP contribution in [0.15, 0.2) is 0 Å². The number of nitrogens with two attached hydrogens (primary N) is 1. The van der Waals surface area contributed by atoms with Crippen LogP contribution in [0.25, 0.3) is 0 Å². The Balaban J connectivity index is 5.00. The molecule has 0 saturated carbocycles. The lowest BCUT2D eigenvalue weighted by atomic mass is 10.2. The van der Waals surface area contributed by atoms with Crippen LogP contribution in [0.5, 0.6) is 0 Å². The first-order valence-electron chi connectivity index (χ1n) is 6.38. The molecule has 3 amide bonds. The van der Waals surface area contributed by atoms with Crippen molar-refractivity contribution in [1.29, 1.82) is 0 Å². The molecule has 8 heteroatoms. The number of carboxylic acids is 1. The Morgan fingerprint density at radius 3 is 2.30 bits per heavy atom. The molecule has 1 unspecified atom stereocenters. The Labute approximate surface area is 118 Å². The number of carboxylic acid groups (broad SMARTS) is 1. The lowest BCUT2D eigenvalue weighted by molar-refractivity contribution is -0.138. The third kappa shape index (κ3) is 6.37. The number of rotatable bonds is 9. The Bertz CT molecular complexity index is 332. The highest BCUT2D eigenvalue weighted by Gasteiger charge is 2.26. The number of hydrogen-bond acceptors (Lipinski definition) is 4. The van der Waals surface area contributed by atoms with E-state index >= 15 is 0 Å². The zero-order chi connectivity index (χ0) is 15.7. The van der Waals surface area contributed by atoms with Gasteiger partial charge in [-0.25, -0.2) is 4.79 Å². The van der Waals surface area contributed by atoms with E-state index < -0.39 is 31.0 Å². The minimum Gasteiger partial charge on any atom is -0.480 e. The predicted molar refractivity (Wildman–Crippen MR) is 72.1 cm³/mol. The molecular weight excluding hydrogens is 266 g/mol. The van der Waals surface area contributed by atoms with Crippen molar-refractivity contribution in [2.75, 3.05) is 33.4 Å². The van der Waals surface area contributed by atoms with Gasteiger partial charge in [0.2, 0.25) is 5.91 Å². The second kappa shape index (κ2) is 9.13. The molecule has 0 heterocycles. The average molecular weight is 289 g/mol. The molecule has 0 radical (unpaired) electrons. The third-order valence-electron chi connectivity index (χ3n) is 2.85. The maximum atomic E-state index is 12.3. The number of primary amides is 1. The van der Waals surface area contributed by atoms with Crippen LogP contribution in [0.1, 0.15) is 20.3 Å². The fourth-order valence-electron chi connectivity index (χ4n) is 1.64. The molecule has 0 spiro atoms. The van der Waals surface area contributed by atoms with Crippen molar-refractivity contribution in [2.45, 2.75) is 26.3 Å². The summed E-state index contributed by atoms with van der Waals surface area (Å²) in [5.74, 6) is -1.95. The minimum atomic E-state index is -1.20. The molecule has 0 aliphatic heterocycles. The zero-order valence-corrected chi connectivity index (χ0v) is 12.2. The number of hydrogen-bond donors (Lipinski definition) is 2. The van der Waals surface area contributed by atoms with E-state index in [9.17, 15) is 14.4 Å². The van der Waals surface area contributed by atoms with Gasteiger partial charge in [-0.15, -0.1) is 0 Å². The smallest absolute Gasteiger partial charge is 0.323 e. The molecule has 0 aromatic rings. The molecule has 116 valence electrons. The van der Waals surface area contributed by atoms with E-state index in [4.69, 9.17) is 15.6 Å². The van der Waals surface area contributed by atoms with Crippen molar-refractivity contribution >= 4 is 17.9 Å². The van der Waals surface area contributed by atoms with Gasteiger partial charge in [0.05, 0.1) is 6.61 Å². The normalized spacial score (nSPS) is 11.8. The molecular formula is C12H23N3O5. The molecule has 1 atom stereocenters. The first-order valence-corrected chi connectivity index (χ1v) is 6.38. The van der Waals surface area contributed by atoms with Gasteiger partial charge in [0.15, 0.2) is 0 Å². The fourth-order valence-corrected chi connectivity index (χ4v) is 1.64. The van der Waals surface area contributed by atoms with Crippen LogP contribution < -0.4 is 5.73 Å². The van der Waals surface area contributed by atoms with Crippen molar-refractivity contribution in [2.24, 2.45) is 5.73 Å². The summed E-state index contributed by atoms with van der Waals surface area (Å²) in [6, 6.07) is -0.626. The van der Waals surface area contributed by atoms with Gasteiger partial charge < -0.3 is 25.4 Å². The number of carbonyl (C=O) groups is 3. The van der Waals surface area contributed by atoms with Crippen LogP contribution in [-0.4, -0.2) is 72.2 Å². The van der Waals surface area contributed by atoms with Crippen LogP contribution >= 0.6 is 0 Å². The predicted octanol–water partition coefficient (Wildman–Crippen LogP) is -0.275. The van der Waals surface area contributed by atoms with E-state index in [2.05, 4.69) is 0 Å². The van der Waals surface area contributed by atoms with Crippen molar-refractivity contribution in [1.82, 2.24) is 9.80 Å². The van der Waals surface area contributed by atoms with Gasteiger partial charge in [-0.1, -0.05) is 6.92 Å². The average Bonchev–Trinajstić information content (AvgIpc) is 2.36. The van der Waals surface area contributed by atoms with Crippen molar-refractivity contribution in [3.05, 3.63) is 0 Å². The molecule has 0 fully saturated rings. The maximum absolute atomic E-state index is 12.3. The molecule has 0 aromatic carbocycles. The van der Waals surface area contributed by atoms with Gasteiger partial charge in [-0.2, -0.15) is 0 Å². The standard InChI is InChI=1S/C12H23N3O5/c1-4-9(2)15(5-6-20-3)12(19)14(7-10(13)16)8-11(17)18/h9H,4-8H2,1-3H3,(H2,13,16)(H,17,18). The van der Waals surface area contributed by atoms with Gasteiger partial charge in [-0.3, -0.25) is 9.59 Å². The van der Waals surface area contributed by atoms with E-state index in [1.807, 2.05) is 13.8 Å². The SMILES string of the molecule is CCC(C)N(CCOC)C(=O)N(CC(N)=O)CC(=O)O. The molecule has 0 saturated heterocycles. The number of nitrogens with zero attached hydrogens (tertiary/aromatic N) is 2. The topological polar surface area (TPSA) is 113 Å². The number of aliphatic carboxylic acids is 1. The van der Waals surface area contributed by atoms with Crippen molar-refractivity contribution < 1.29 is 24.2 Å². The molecule has 3 N–H and O–H groups in total. The number of carbonyl (C=O) groups excluding carboxylic acids is 2. The summed E-state index contributed by atoms with van der Waals surface area (Å²) in [5, 5.41) is 8.81. The molecule has 0 rings (SSSR count). The second-order valence-electron chi connectivity index (χ2n) is 4.44. The van der Waals surface area contributed by atoms with Gasteiger partial charge in [0.1, 0.15) is 13.1 Å². The summed E-state index contributed by atoms with van der Waals surface area (Å²) >= 11 is 0. The minimum absolute atomic E-state index is 0.0955. The first kappa shape index (κ1) is 18.2. The quantitative estimate of drug-likeness (QED) is 0.606. The lowest BCUT2D eigenvalue weighted by Crippen LogP contribution is -2.52. The van der Waals surface area contributed by atoms with Crippen molar-refractivity contribution in [3.63, 3.8) is 0 Å². The molecule has 8 nitrogen and oxygen atoms in total. The van der Waals surface area contributed by atoms with E-state index in [1.165, 1.54) is 12.0 Å². The van der Waals surface area contributed by atoms with E-state index in [0.717, 1.165) is 4.90 Å². The number of methoxy groups -OCH3 is 1. The summed E-state index contributed by atoms with van der Waals surface area (Å²) in [5.41, 5.74) is 5.05. The van der Waals surface area contributed by atoms with Gasteiger partial charge in [0, 0.05) is 19.7 Å². The molecule has 0 bridgehead atoms. The zero-order valence-electron chi connectivity index (χ0n) is 12.2. The highest BCUT2D eigenvalue weighted by Crippen LogP contribution is 2.08. The van der Waals surface area contributed by atoms with Crippen LogP contribution in [0.3, 0.4) is 0 Å². The number of urea groups is 1. The lowest BCUT2D eigenvalue weighted by Gasteiger charge is -2.33. The maximum Gasteiger partial charge on any atom is 0.323 e. The van der Waals surface area contributed by atoms with E-state index in [0.29, 0.717) is 19.6 Å². The third-order valence-corrected chi connectivity index (χ3v) is 2.85. The van der Waals surface area contributed by atoms with Crippen LogP contribution in [0, 0.1) is 0 Å². The van der Waals surface area contributed by atoms with Crippen LogP contribution in [-0.2, 0) is 14.3 Å². The Hall–Kier alpha value is -1.83. The summed E-state index contributed by atoms with van der Waals surface area (Å²) in [7, 11) is 1.51. The number of ether oxygens (including phenoxy) is 1. The molecule has 0 aliphatic rings. The molecule has 0 aromatic heterocycles. The largest absolute Gasteiger partial charge is 0.480 e. The van der Waals surface area contributed by atoms with Crippen molar-refractivity contribution in [3.8, 4) is 0 Å². The molecule has 0 aliphatic carbocycles. The van der Waals surface area contributed by atoms with Crippen LogP contribution in [0.2, 0.25) is 0 Å². The Morgan fingerprint density at radius 1 is 1.30 bits per heavy atom. The second-order valence-corrected chi connectivity index (χ2v) is 4.44. The monoisotopic (exact) mass is 289 g/mol. The summed E-state index contributed by atoms with van der Waals surface area (Å²) in [4.78, 5) is 36.5. The fraction of sp³-hybridized carbons (Fsp3) is 0.750. The summed E-state index contributed by atoms with van der Waals surface area (Å²) in [6.45, 7) is 3.41. The highest BCUT2D eigenvalue weighted by molar-refractivity contribution is 5.86. The first-order chi connectivity index (χ1) is 9.33. The van der Waals surface area contributed by atoms with E-state index in [1.54, 1.807) is 0 Å². The van der Waals surface area contributed by atoms with Gasteiger partial charge >= 0.3 is 12.0 Å². The Kier molecular flexibility index (Phi) is 8.30. The van der Waals surface area contributed by atoms with E-state index in [-0.39, 0.29) is 6.04 Å². The Morgan fingerprint density at radius 2 is 1.90 bits per heavy atom. The van der Waals surface area contributed by atoms with Gasteiger partial charge in [0.25, 0.3) is 0 Å². The van der Waals surface area contributed by atoms with Crippen LogP contribution in [0.4, 0.5) is 4.79 Å². The number of amides is 3. The van der Waals surface area contributed by atoms with Gasteiger partial charge in [-0.05, 0) is 13.3 Å². The molecule has 20 heavy (non-hydrogen) atoms.